The van der Waals surface area contributed by atoms with Crippen molar-refractivity contribution in [2.75, 3.05) is 13.2 Å². The number of halogens is 2. The van der Waals surface area contributed by atoms with E-state index in [1.807, 2.05) is 0 Å². The lowest BCUT2D eigenvalue weighted by Crippen LogP contribution is -2.24. The summed E-state index contributed by atoms with van der Waals surface area (Å²) in [4.78, 5) is 0. The van der Waals surface area contributed by atoms with Crippen LogP contribution >= 0.6 is 0 Å². The molecule has 17 heavy (non-hydrogen) atoms. The molecule has 0 atom stereocenters. The van der Waals surface area contributed by atoms with E-state index in [9.17, 15) is 8.78 Å². The lowest BCUT2D eigenvalue weighted by molar-refractivity contribution is 0.245. The van der Waals surface area contributed by atoms with Gasteiger partial charge in [0.25, 0.3) is 0 Å². The number of aliphatic hydroxyl groups is 1. The Labute approximate surface area is 99.7 Å². The highest BCUT2D eigenvalue weighted by atomic mass is 19.1. The van der Waals surface area contributed by atoms with Crippen LogP contribution in [0.1, 0.15) is 24.8 Å². The molecule has 2 rings (SSSR count). The Kier molecular flexibility index (Phi) is 3.74. The van der Waals surface area contributed by atoms with Gasteiger partial charge in [0.15, 0.2) is 0 Å². The average Bonchev–Trinajstić information content (AvgIpc) is 3.02. The molecule has 0 spiro atoms. The Morgan fingerprint density at radius 3 is 2.65 bits per heavy atom. The summed E-state index contributed by atoms with van der Waals surface area (Å²) in [7, 11) is 0. The highest BCUT2D eigenvalue weighted by Crippen LogP contribution is 2.47. The molecule has 0 unspecified atom stereocenters. The van der Waals surface area contributed by atoms with E-state index in [1.54, 1.807) is 0 Å². The minimum absolute atomic E-state index is 0.201. The van der Waals surface area contributed by atoms with Crippen LogP contribution in [-0.2, 0) is 6.54 Å². The molecule has 2 nitrogen and oxygen atoms in total. The van der Waals surface area contributed by atoms with E-state index in [2.05, 4.69) is 5.32 Å². The van der Waals surface area contributed by atoms with Gasteiger partial charge in [0.05, 0.1) is 0 Å². The van der Waals surface area contributed by atoms with Gasteiger partial charge in [0.1, 0.15) is 11.6 Å². The van der Waals surface area contributed by atoms with E-state index < -0.39 is 11.6 Å². The van der Waals surface area contributed by atoms with Crippen LogP contribution in [0.2, 0.25) is 0 Å². The van der Waals surface area contributed by atoms with Crippen LogP contribution in [-0.4, -0.2) is 18.3 Å². The molecule has 0 bridgehead atoms. The number of aliphatic hydroxyl groups excluding tert-OH is 1. The molecule has 0 radical (unpaired) electrons. The van der Waals surface area contributed by atoms with Crippen molar-refractivity contribution in [2.45, 2.75) is 25.8 Å². The van der Waals surface area contributed by atoms with Crippen molar-refractivity contribution in [2.24, 2.45) is 5.41 Å². The van der Waals surface area contributed by atoms with Gasteiger partial charge in [-0.25, -0.2) is 8.78 Å². The van der Waals surface area contributed by atoms with E-state index in [4.69, 9.17) is 5.11 Å². The van der Waals surface area contributed by atoms with Crippen molar-refractivity contribution in [3.05, 3.63) is 35.4 Å². The predicted octanol–water partition coefficient (Wildman–Crippen LogP) is 2.22. The zero-order valence-electron chi connectivity index (χ0n) is 9.68. The second-order valence-electron chi connectivity index (χ2n) is 4.81. The summed E-state index contributed by atoms with van der Waals surface area (Å²) in [6, 6.07) is 3.63. The second kappa shape index (κ2) is 5.10. The normalized spacial score (nSPS) is 17.1. The molecule has 1 aliphatic rings. The number of nitrogens with one attached hydrogen (secondary N) is 1. The van der Waals surface area contributed by atoms with Crippen molar-refractivity contribution < 1.29 is 13.9 Å². The lowest BCUT2D eigenvalue weighted by Gasteiger charge is -2.14. The first-order valence-corrected chi connectivity index (χ1v) is 5.91. The van der Waals surface area contributed by atoms with Crippen LogP contribution in [0.3, 0.4) is 0 Å². The average molecular weight is 241 g/mol. The summed E-state index contributed by atoms with van der Waals surface area (Å²) in [5.41, 5.74) is 0.692. The van der Waals surface area contributed by atoms with E-state index >= 15 is 0 Å². The highest BCUT2D eigenvalue weighted by molar-refractivity contribution is 5.18. The fourth-order valence-corrected chi connectivity index (χ4v) is 2.06. The van der Waals surface area contributed by atoms with Crippen molar-refractivity contribution in [1.82, 2.24) is 5.32 Å². The molecule has 1 fully saturated rings. The third-order valence-electron chi connectivity index (χ3n) is 3.43. The maximum atomic E-state index is 13.3. The van der Waals surface area contributed by atoms with E-state index in [1.165, 1.54) is 12.1 Å². The molecule has 0 aromatic heterocycles. The van der Waals surface area contributed by atoms with Gasteiger partial charge in [0.2, 0.25) is 0 Å². The zero-order valence-corrected chi connectivity index (χ0v) is 9.68. The highest BCUT2D eigenvalue weighted by Gasteiger charge is 2.41. The van der Waals surface area contributed by atoms with Crippen LogP contribution in [0.4, 0.5) is 8.78 Å². The topological polar surface area (TPSA) is 32.3 Å². The summed E-state index contributed by atoms with van der Waals surface area (Å²) in [5.74, 6) is -1.06. The Morgan fingerprint density at radius 2 is 2.06 bits per heavy atom. The number of benzene rings is 1. The molecule has 1 aliphatic carbocycles. The molecule has 1 aromatic carbocycles. The summed E-state index contributed by atoms with van der Waals surface area (Å²) >= 11 is 0. The molecule has 0 aliphatic heterocycles. The SMILES string of the molecule is OCCC1(CNCc2ccc(F)cc2F)CC1. The second-order valence-corrected chi connectivity index (χ2v) is 4.81. The molecule has 1 aromatic rings. The van der Waals surface area contributed by atoms with Gasteiger partial charge in [-0.1, -0.05) is 6.07 Å². The number of hydrogen-bond donors (Lipinski definition) is 2. The maximum absolute atomic E-state index is 13.3. The summed E-state index contributed by atoms with van der Waals surface area (Å²) in [5, 5.41) is 12.1. The quantitative estimate of drug-likeness (QED) is 0.800. The van der Waals surface area contributed by atoms with Gasteiger partial charge < -0.3 is 10.4 Å². The Morgan fingerprint density at radius 1 is 1.29 bits per heavy atom. The molecule has 0 saturated heterocycles. The molecule has 0 heterocycles. The molecular formula is C13H17F2NO. The van der Waals surface area contributed by atoms with Crippen LogP contribution in [0, 0.1) is 17.0 Å². The standard InChI is InChI=1S/C13H17F2NO/c14-11-2-1-10(12(15)7-11)8-16-9-13(3-4-13)5-6-17/h1-2,7,16-17H,3-6,8-9H2. The Hall–Kier alpha value is -1.00. The van der Waals surface area contributed by atoms with Crippen molar-refractivity contribution in [1.29, 1.82) is 0 Å². The molecule has 4 heteroatoms. The predicted molar refractivity (Wildman–Crippen MR) is 61.4 cm³/mol. The van der Waals surface area contributed by atoms with Gasteiger partial charge in [-0.15, -0.1) is 0 Å². The Bertz CT molecular complexity index is 391. The number of hydrogen-bond acceptors (Lipinski definition) is 2. The van der Waals surface area contributed by atoms with Crippen LogP contribution in [0.25, 0.3) is 0 Å². The van der Waals surface area contributed by atoms with E-state index in [0.29, 0.717) is 12.1 Å². The summed E-state index contributed by atoms with van der Waals surface area (Å²) in [6.45, 7) is 1.39. The van der Waals surface area contributed by atoms with E-state index in [0.717, 1.165) is 31.9 Å². The first-order chi connectivity index (χ1) is 8.15. The molecule has 2 N–H and O–H groups in total. The first-order valence-electron chi connectivity index (χ1n) is 5.91. The largest absolute Gasteiger partial charge is 0.396 e. The summed E-state index contributed by atoms with van der Waals surface area (Å²) < 4.78 is 26.0. The minimum Gasteiger partial charge on any atom is -0.396 e. The van der Waals surface area contributed by atoms with Gasteiger partial charge in [-0.3, -0.25) is 0 Å². The lowest BCUT2D eigenvalue weighted by atomic mass is 10.0. The molecule has 94 valence electrons. The third-order valence-corrected chi connectivity index (χ3v) is 3.43. The molecule has 0 amide bonds. The maximum Gasteiger partial charge on any atom is 0.130 e. The van der Waals surface area contributed by atoms with Crippen LogP contribution in [0.15, 0.2) is 18.2 Å². The fraction of sp³-hybridized carbons (Fsp3) is 0.538. The fourth-order valence-electron chi connectivity index (χ4n) is 2.06. The van der Waals surface area contributed by atoms with Gasteiger partial charge in [-0.2, -0.15) is 0 Å². The summed E-state index contributed by atoms with van der Waals surface area (Å²) in [6.07, 6.45) is 3.03. The van der Waals surface area contributed by atoms with E-state index in [-0.39, 0.29) is 12.0 Å². The minimum atomic E-state index is -0.551. The van der Waals surface area contributed by atoms with Crippen LogP contribution in [0.5, 0.6) is 0 Å². The van der Waals surface area contributed by atoms with Gasteiger partial charge >= 0.3 is 0 Å². The van der Waals surface area contributed by atoms with Crippen molar-refractivity contribution in [3.63, 3.8) is 0 Å². The van der Waals surface area contributed by atoms with Gasteiger partial charge in [-0.05, 0) is 30.7 Å². The molecule has 1 saturated carbocycles. The number of rotatable bonds is 6. The third kappa shape index (κ3) is 3.23. The molecular weight excluding hydrogens is 224 g/mol. The van der Waals surface area contributed by atoms with Crippen molar-refractivity contribution >= 4 is 0 Å². The van der Waals surface area contributed by atoms with Crippen molar-refractivity contribution in [3.8, 4) is 0 Å². The monoisotopic (exact) mass is 241 g/mol. The smallest absolute Gasteiger partial charge is 0.130 e. The van der Waals surface area contributed by atoms with Crippen LogP contribution < -0.4 is 5.32 Å². The van der Waals surface area contributed by atoms with Gasteiger partial charge in [0, 0.05) is 31.3 Å². The first kappa shape index (κ1) is 12.5. The Balaban J connectivity index is 1.82. The zero-order chi connectivity index (χ0) is 12.3.